The Hall–Kier alpha value is -1.87. The molecule has 0 bridgehead atoms. The summed E-state index contributed by atoms with van der Waals surface area (Å²) in [7, 11) is 0. The largest absolute Gasteiger partial charge is 0.394 e. The van der Waals surface area contributed by atoms with Crippen LogP contribution in [0.5, 0.6) is 0 Å². The molecule has 0 amide bonds. The lowest BCUT2D eigenvalue weighted by molar-refractivity contribution is 0.223. The highest BCUT2D eigenvalue weighted by molar-refractivity contribution is 5.18. The number of aryl methyl sites for hydroxylation is 2. The quantitative estimate of drug-likeness (QED) is 0.912. The molecule has 19 heavy (non-hydrogen) atoms. The number of aromatic nitrogens is 1. The van der Waals surface area contributed by atoms with Crippen molar-refractivity contribution < 1.29 is 5.11 Å². The molecule has 0 saturated carbocycles. The molecule has 3 heteroatoms. The van der Waals surface area contributed by atoms with Crippen molar-refractivity contribution in [1.82, 2.24) is 4.57 Å². The monoisotopic (exact) mass is 257 g/mol. The Morgan fingerprint density at radius 2 is 1.68 bits per heavy atom. The highest BCUT2D eigenvalue weighted by Gasteiger charge is 2.14. The Kier molecular flexibility index (Phi) is 4.17. The summed E-state index contributed by atoms with van der Waals surface area (Å²) in [6, 6.07) is 13.3. The van der Waals surface area contributed by atoms with Gasteiger partial charge in [0.15, 0.2) is 5.43 Å². The molecule has 2 aromatic rings. The Morgan fingerprint density at radius 1 is 1.11 bits per heavy atom. The van der Waals surface area contributed by atoms with Gasteiger partial charge in [0.25, 0.3) is 0 Å². The van der Waals surface area contributed by atoms with E-state index in [1.54, 1.807) is 12.1 Å². The van der Waals surface area contributed by atoms with E-state index in [1.807, 2.05) is 36.6 Å². The zero-order chi connectivity index (χ0) is 13.8. The van der Waals surface area contributed by atoms with Crippen LogP contribution in [0.25, 0.3) is 0 Å². The second-order valence-electron chi connectivity index (χ2n) is 4.87. The highest BCUT2D eigenvalue weighted by atomic mass is 16.3. The van der Waals surface area contributed by atoms with E-state index >= 15 is 0 Å². The predicted molar refractivity (Wildman–Crippen MR) is 76.4 cm³/mol. The first kappa shape index (κ1) is 13.6. The van der Waals surface area contributed by atoms with Gasteiger partial charge in [-0.1, -0.05) is 30.3 Å². The van der Waals surface area contributed by atoms with E-state index in [9.17, 15) is 9.90 Å². The van der Waals surface area contributed by atoms with E-state index in [2.05, 4.69) is 12.1 Å². The van der Waals surface area contributed by atoms with Crippen LogP contribution in [0.2, 0.25) is 0 Å². The molecule has 0 spiro atoms. The van der Waals surface area contributed by atoms with Crippen molar-refractivity contribution in [3.05, 3.63) is 69.6 Å². The number of aliphatic hydroxyl groups excluding tert-OH is 1. The minimum atomic E-state index is -0.0389. The SMILES string of the molecule is Cc1cc(=O)cc(C)n1[C@H](CO)Cc1ccccc1. The van der Waals surface area contributed by atoms with Gasteiger partial charge in [-0.25, -0.2) is 0 Å². The molecule has 2 rings (SSSR count). The summed E-state index contributed by atoms with van der Waals surface area (Å²) in [5, 5.41) is 9.66. The lowest BCUT2D eigenvalue weighted by Crippen LogP contribution is -2.22. The van der Waals surface area contributed by atoms with Gasteiger partial charge in [-0.15, -0.1) is 0 Å². The second-order valence-corrected chi connectivity index (χ2v) is 4.87. The van der Waals surface area contributed by atoms with E-state index in [1.165, 1.54) is 5.56 Å². The molecular formula is C16H19NO2. The Bertz CT molecular complexity index is 576. The summed E-state index contributed by atoms with van der Waals surface area (Å²) in [5.41, 5.74) is 2.97. The maximum Gasteiger partial charge on any atom is 0.182 e. The van der Waals surface area contributed by atoms with E-state index < -0.39 is 0 Å². The van der Waals surface area contributed by atoms with Crippen LogP contribution in [0, 0.1) is 13.8 Å². The van der Waals surface area contributed by atoms with Crippen molar-refractivity contribution in [1.29, 1.82) is 0 Å². The standard InChI is InChI=1S/C16H19NO2/c1-12-8-16(19)9-13(2)17(12)15(11-18)10-14-6-4-3-5-7-14/h3-9,15,18H,10-11H2,1-2H3/t15-/m0/s1. The van der Waals surface area contributed by atoms with Crippen LogP contribution in [0.1, 0.15) is 23.0 Å². The summed E-state index contributed by atoms with van der Waals surface area (Å²) in [5.74, 6) is 0. The number of rotatable bonds is 4. The number of benzene rings is 1. The summed E-state index contributed by atoms with van der Waals surface area (Å²) in [6.45, 7) is 3.86. The summed E-state index contributed by atoms with van der Waals surface area (Å²) in [4.78, 5) is 11.5. The number of nitrogens with zero attached hydrogens (tertiary/aromatic N) is 1. The lowest BCUT2D eigenvalue weighted by Gasteiger charge is -2.23. The number of aliphatic hydroxyl groups is 1. The van der Waals surface area contributed by atoms with Crippen LogP contribution in [0.4, 0.5) is 0 Å². The second kappa shape index (κ2) is 5.85. The molecule has 1 aromatic carbocycles. The number of hydrogen-bond acceptors (Lipinski definition) is 2. The van der Waals surface area contributed by atoms with Crippen molar-refractivity contribution >= 4 is 0 Å². The van der Waals surface area contributed by atoms with Gasteiger partial charge in [-0.05, 0) is 25.8 Å². The highest BCUT2D eigenvalue weighted by Crippen LogP contribution is 2.17. The van der Waals surface area contributed by atoms with Gasteiger partial charge in [0.05, 0.1) is 12.6 Å². The van der Waals surface area contributed by atoms with Crippen molar-refractivity contribution in [3.63, 3.8) is 0 Å². The fourth-order valence-electron chi connectivity index (χ4n) is 2.57. The molecule has 0 aliphatic carbocycles. The van der Waals surface area contributed by atoms with Gasteiger partial charge in [0.2, 0.25) is 0 Å². The molecule has 0 unspecified atom stereocenters. The molecule has 3 nitrogen and oxygen atoms in total. The van der Waals surface area contributed by atoms with Gasteiger partial charge in [0, 0.05) is 23.5 Å². The summed E-state index contributed by atoms with van der Waals surface area (Å²) < 4.78 is 2.04. The molecule has 1 N–H and O–H groups in total. The fraction of sp³-hybridized carbons (Fsp3) is 0.312. The molecule has 1 atom stereocenters. The molecule has 0 saturated heterocycles. The van der Waals surface area contributed by atoms with Crippen LogP contribution in [-0.2, 0) is 6.42 Å². The minimum Gasteiger partial charge on any atom is -0.394 e. The molecule has 100 valence electrons. The molecule has 0 aliphatic heterocycles. The maximum absolute atomic E-state index is 11.5. The number of pyridine rings is 1. The molecule has 1 heterocycles. The van der Waals surface area contributed by atoms with Crippen LogP contribution in [0.3, 0.4) is 0 Å². The van der Waals surface area contributed by atoms with Gasteiger partial charge >= 0.3 is 0 Å². The van der Waals surface area contributed by atoms with Crippen molar-refractivity contribution in [3.8, 4) is 0 Å². The van der Waals surface area contributed by atoms with Crippen LogP contribution in [0.15, 0.2) is 47.3 Å². The average molecular weight is 257 g/mol. The van der Waals surface area contributed by atoms with E-state index in [0.717, 1.165) is 17.8 Å². The maximum atomic E-state index is 11.5. The van der Waals surface area contributed by atoms with Gasteiger partial charge in [0.1, 0.15) is 0 Å². The lowest BCUT2D eigenvalue weighted by atomic mass is 10.1. The summed E-state index contributed by atoms with van der Waals surface area (Å²) >= 11 is 0. The molecule has 0 fully saturated rings. The van der Waals surface area contributed by atoms with Crippen molar-refractivity contribution in [2.45, 2.75) is 26.3 Å². The van der Waals surface area contributed by atoms with Crippen LogP contribution < -0.4 is 5.43 Å². The van der Waals surface area contributed by atoms with Crippen LogP contribution in [-0.4, -0.2) is 16.3 Å². The minimum absolute atomic E-state index is 0.0163. The third-order valence-electron chi connectivity index (χ3n) is 3.35. The molecule has 0 radical (unpaired) electrons. The Balaban J connectivity index is 2.35. The molecule has 0 aliphatic rings. The van der Waals surface area contributed by atoms with Gasteiger partial charge < -0.3 is 9.67 Å². The summed E-state index contributed by atoms with van der Waals surface area (Å²) in [6.07, 6.45) is 0.752. The zero-order valence-corrected chi connectivity index (χ0v) is 11.3. The zero-order valence-electron chi connectivity index (χ0n) is 11.3. The van der Waals surface area contributed by atoms with Gasteiger partial charge in [-0.3, -0.25) is 4.79 Å². The average Bonchev–Trinajstić information content (AvgIpc) is 2.37. The molecular weight excluding hydrogens is 238 g/mol. The fourth-order valence-corrected chi connectivity index (χ4v) is 2.57. The number of hydrogen-bond donors (Lipinski definition) is 1. The Morgan fingerprint density at radius 3 is 2.21 bits per heavy atom. The Labute approximate surface area is 113 Å². The first-order valence-electron chi connectivity index (χ1n) is 6.46. The van der Waals surface area contributed by atoms with E-state index in [0.29, 0.717) is 0 Å². The first-order valence-corrected chi connectivity index (χ1v) is 6.46. The van der Waals surface area contributed by atoms with Gasteiger partial charge in [-0.2, -0.15) is 0 Å². The molecule has 1 aromatic heterocycles. The predicted octanol–water partition coefficient (Wildman–Crippen LogP) is 2.24. The third-order valence-corrected chi connectivity index (χ3v) is 3.35. The van der Waals surface area contributed by atoms with Crippen LogP contribution >= 0.6 is 0 Å². The normalized spacial score (nSPS) is 12.4. The smallest absolute Gasteiger partial charge is 0.182 e. The van der Waals surface area contributed by atoms with E-state index in [4.69, 9.17) is 0 Å². The van der Waals surface area contributed by atoms with Crippen molar-refractivity contribution in [2.75, 3.05) is 6.61 Å². The third kappa shape index (κ3) is 3.12. The van der Waals surface area contributed by atoms with Crippen molar-refractivity contribution in [2.24, 2.45) is 0 Å². The van der Waals surface area contributed by atoms with E-state index in [-0.39, 0.29) is 18.1 Å². The topological polar surface area (TPSA) is 42.2 Å². The first-order chi connectivity index (χ1) is 9.11.